The average Bonchev–Trinajstić information content (AvgIpc) is 2.37. The number of carboxylic acid groups (broad SMARTS) is 1. The molecular formula is C17H24O2. The number of benzene rings is 1. The maximum atomic E-state index is 11.2. The molecule has 0 saturated heterocycles. The molecule has 104 valence electrons. The summed E-state index contributed by atoms with van der Waals surface area (Å²) in [6.07, 6.45) is 6.92. The minimum Gasteiger partial charge on any atom is -0.478 e. The molecule has 0 radical (unpaired) electrons. The Morgan fingerprint density at radius 2 is 1.84 bits per heavy atom. The van der Waals surface area contributed by atoms with Crippen LogP contribution in [0.15, 0.2) is 35.9 Å². The lowest BCUT2D eigenvalue weighted by Crippen LogP contribution is -2.00. The number of hydrogen-bond donors (Lipinski definition) is 1. The number of carbonyl (C=O) groups is 1. The summed E-state index contributed by atoms with van der Waals surface area (Å²) in [5.74, 6) is -0.0634. The van der Waals surface area contributed by atoms with Gasteiger partial charge in [0.1, 0.15) is 0 Å². The van der Waals surface area contributed by atoms with Gasteiger partial charge in [0.25, 0.3) is 0 Å². The third-order valence-electron chi connectivity index (χ3n) is 3.14. The quantitative estimate of drug-likeness (QED) is 0.540. The van der Waals surface area contributed by atoms with E-state index in [-0.39, 0.29) is 0 Å². The Kier molecular flexibility index (Phi) is 6.94. The second-order valence-electron chi connectivity index (χ2n) is 5.38. The maximum Gasteiger partial charge on any atom is 0.331 e. The Morgan fingerprint density at radius 1 is 1.16 bits per heavy atom. The normalized spacial score (nSPS) is 11.8. The molecule has 0 aromatic heterocycles. The number of unbranched alkanes of at least 4 members (excludes halogenated alkanes) is 2. The van der Waals surface area contributed by atoms with Crippen molar-refractivity contribution in [2.45, 2.75) is 46.0 Å². The SMILES string of the molecule is CC(C)CCCCCC(=Cc1ccccc1)C(=O)O. The average molecular weight is 260 g/mol. The van der Waals surface area contributed by atoms with Gasteiger partial charge in [0.05, 0.1) is 0 Å². The Morgan fingerprint density at radius 3 is 2.42 bits per heavy atom. The number of rotatable bonds is 8. The summed E-state index contributed by atoms with van der Waals surface area (Å²) in [6, 6.07) is 9.65. The van der Waals surface area contributed by atoms with Gasteiger partial charge in [-0.1, -0.05) is 63.4 Å². The molecule has 1 N–H and O–H groups in total. The molecule has 0 atom stereocenters. The predicted octanol–water partition coefficient (Wildman–Crippen LogP) is 4.76. The smallest absolute Gasteiger partial charge is 0.331 e. The fraction of sp³-hybridized carbons (Fsp3) is 0.471. The lowest BCUT2D eigenvalue weighted by molar-refractivity contribution is -0.132. The van der Waals surface area contributed by atoms with Crippen LogP contribution >= 0.6 is 0 Å². The van der Waals surface area contributed by atoms with Gasteiger partial charge in [-0.2, -0.15) is 0 Å². The van der Waals surface area contributed by atoms with E-state index in [1.165, 1.54) is 12.8 Å². The zero-order chi connectivity index (χ0) is 14.1. The highest BCUT2D eigenvalue weighted by Crippen LogP contribution is 2.16. The molecule has 0 fully saturated rings. The van der Waals surface area contributed by atoms with Crippen molar-refractivity contribution in [2.24, 2.45) is 5.92 Å². The molecular weight excluding hydrogens is 236 g/mol. The van der Waals surface area contributed by atoms with Gasteiger partial charge in [-0.15, -0.1) is 0 Å². The maximum absolute atomic E-state index is 11.2. The molecule has 0 aliphatic rings. The number of hydrogen-bond acceptors (Lipinski definition) is 1. The molecule has 0 aliphatic heterocycles. The third-order valence-corrected chi connectivity index (χ3v) is 3.14. The molecule has 1 rings (SSSR count). The molecule has 0 saturated carbocycles. The molecule has 1 aromatic rings. The van der Waals surface area contributed by atoms with E-state index in [1.54, 1.807) is 6.08 Å². The van der Waals surface area contributed by atoms with Crippen LogP contribution in [0.2, 0.25) is 0 Å². The summed E-state index contributed by atoms with van der Waals surface area (Å²) < 4.78 is 0. The van der Waals surface area contributed by atoms with Crippen LogP contribution in [0.25, 0.3) is 6.08 Å². The molecule has 0 spiro atoms. The van der Waals surface area contributed by atoms with E-state index in [4.69, 9.17) is 0 Å². The van der Waals surface area contributed by atoms with Crippen molar-refractivity contribution < 1.29 is 9.90 Å². The van der Waals surface area contributed by atoms with Crippen molar-refractivity contribution >= 4 is 12.0 Å². The molecule has 0 heterocycles. The van der Waals surface area contributed by atoms with Gasteiger partial charge in [-0.05, 0) is 30.4 Å². The first kappa shape index (κ1) is 15.5. The third kappa shape index (κ3) is 6.80. The highest BCUT2D eigenvalue weighted by Gasteiger charge is 2.07. The molecule has 0 aliphatic carbocycles. The molecule has 0 unspecified atom stereocenters. The molecule has 1 aromatic carbocycles. The van der Waals surface area contributed by atoms with E-state index in [9.17, 15) is 9.90 Å². The van der Waals surface area contributed by atoms with Gasteiger partial charge in [0, 0.05) is 5.57 Å². The van der Waals surface area contributed by atoms with Crippen LogP contribution in [0.3, 0.4) is 0 Å². The van der Waals surface area contributed by atoms with Crippen LogP contribution < -0.4 is 0 Å². The van der Waals surface area contributed by atoms with E-state index in [2.05, 4.69) is 13.8 Å². The van der Waals surface area contributed by atoms with E-state index in [0.717, 1.165) is 24.3 Å². The Hall–Kier alpha value is -1.57. The van der Waals surface area contributed by atoms with Gasteiger partial charge in [-0.25, -0.2) is 4.79 Å². The van der Waals surface area contributed by atoms with Crippen LogP contribution in [-0.2, 0) is 4.79 Å². The fourth-order valence-electron chi connectivity index (χ4n) is 2.04. The van der Waals surface area contributed by atoms with Crippen LogP contribution in [0.5, 0.6) is 0 Å². The van der Waals surface area contributed by atoms with Crippen LogP contribution in [0, 0.1) is 5.92 Å². The minimum absolute atomic E-state index is 0.510. The molecule has 0 bridgehead atoms. The second-order valence-corrected chi connectivity index (χ2v) is 5.38. The monoisotopic (exact) mass is 260 g/mol. The number of carboxylic acids is 1. The van der Waals surface area contributed by atoms with Crippen LogP contribution in [0.4, 0.5) is 0 Å². The van der Waals surface area contributed by atoms with Crippen molar-refractivity contribution in [1.82, 2.24) is 0 Å². The number of aliphatic carboxylic acids is 1. The summed E-state index contributed by atoms with van der Waals surface area (Å²) in [5, 5.41) is 9.21. The van der Waals surface area contributed by atoms with Gasteiger partial charge in [0.2, 0.25) is 0 Å². The summed E-state index contributed by atoms with van der Waals surface area (Å²) >= 11 is 0. The van der Waals surface area contributed by atoms with E-state index < -0.39 is 5.97 Å². The summed E-state index contributed by atoms with van der Waals surface area (Å²) in [6.45, 7) is 4.44. The topological polar surface area (TPSA) is 37.3 Å². The first-order valence-electron chi connectivity index (χ1n) is 7.08. The Labute approximate surface area is 116 Å². The van der Waals surface area contributed by atoms with E-state index in [0.29, 0.717) is 12.0 Å². The highest BCUT2D eigenvalue weighted by atomic mass is 16.4. The highest BCUT2D eigenvalue weighted by molar-refractivity contribution is 5.92. The predicted molar refractivity (Wildman–Crippen MR) is 80.0 cm³/mol. The summed E-state index contributed by atoms with van der Waals surface area (Å²) in [4.78, 5) is 11.2. The molecule has 2 nitrogen and oxygen atoms in total. The lowest BCUT2D eigenvalue weighted by Gasteiger charge is -2.05. The zero-order valence-corrected chi connectivity index (χ0v) is 11.9. The first-order chi connectivity index (χ1) is 9.09. The summed E-state index contributed by atoms with van der Waals surface area (Å²) in [7, 11) is 0. The summed E-state index contributed by atoms with van der Waals surface area (Å²) in [5.41, 5.74) is 1.47. The van der Waals surface area contributed by atoms with Crippen LogP contribution in [-0.4, -0.2) is 11.1 Å². The first-order valence-corrected chi connectivity index (χ1v) is 7.08. The minimum atomic E-state index is -0.798. The Balaban J connectivity index is 2.46. The molecule has 2 heteroatoms. The molecule has 19 heavy (non-hydrogen) atoms. The van der Waals surface area contributed by atoms with Crippen molar-refractivity contribution in [3.63, 3.8) is 0 Å². The fourth-order valence-corrected chi connectivity index (χ4v) is 2.04. The van der Waals surface area contributed by atoms with Crippen molar-refractivity contribution in [3.05, 3.63) is 41.5 Å². The largest absolute Gasteiger partial charge is 0.478 e. The van der Waals surface area contributed by atoms with E-state index >= 15 is 0 Å². The van der Waals surface area contributed by atoms with Crippen molar-refractivity contribution in [3.8, 4) is 0 Å². The standard InChI is InChI=1S/C17H24O2/c1-14(2)9-5-3-8-12-16(17(18)19)13-15-10-6-4-7-11-15/h4,6-7,10-11,13-14H,3,5,8-9,12H2,1-2H3,(H,18,19). The van der Waals surface area contributed by atoms with Gasteiger partial charge < -0.3 is 5.11 Å². The molecule has 0 amide bonds. The van der Waals surface area contributed by atoms with Gasteiger partial charge >= 0.3 is 5.97 Å². The lowest BCUT2D eigenvalue weighted by atomic mass is 10.0. The van der Waals surface area contributed by atoms with Crippen molar-refractivity contribution in [2.75, 3.05) is 0 Å². The van der Waals surface area contributed by atoms with Gasteiger partial charge in [0.15, 0.2) is 0 Å². The van der Waals surface area contributed by atoms with E-state index in [1.807, 2.05) is 30.3 Å². The zero-order valence-electron chi connectivity index (χ0n) is 11.9. The second kappa shape index (κ2) is 8.52. The van der Waals surface area contributed by atoms with Gasteiger partial charge in [-0.3, -0.25) is 0 Å². The van der Waals surface area contributed by atoms with Crippen LogP contribution in [0.1, 0.15) is 51.5 Å². The van der Waals surface area contributed by atoms with Crippen molar-refractivity contribution in [1.29, 1.82) is 0 Å². The Bertz CT molecular complexity index is 405.